The van der Waals surface area contributed by atoms with Crippen molar-refractivity contribution in [1.82, 2.24) is 0 Å². The van der Waals surface area contributed by atoms with Crippen molar-refractivity contribution in [2.24, 2.45) is 0 Å². The predicted molar refractivity (Wildman–Crippen MR) is 43.9 cm³/mol. The van der Waals surface area contributed by atoms with Gasteiger partial charge in [-0.2, -0.15) is 0 Å². The molecule has 0 aromatic carbocycles. The van der Waals surface area contributed by atoms with Gasteiger partial charge in [0.15, 0.2) is 12.1 Å². The third kappa shape index (κ3) is 6.24. The van der Waals surface area contributed by atoms with Gasteiger partial charge in [-0.25, -0.2) is 0 Å². The highest BCUT2D eigenvalue weighted by Gasteiger charge is 2.25. The van der Waals surface area contributed by atoms with Crippen LogP contribution in [0.3, 0.4) is 0 Å². The second-order valence-corrected chi connectivity index (χ2v) is 2.63. The number of carbonyl (C=O) groups is 2. The lowest BCUT2D eigenvalue weighted by Gasteiger charge is -2.21. The maximum absolute atomic E-state index is 10.9. The van der Waals surface area contributed by atoms with Gasteiger partial charge in [-0.3, -0.25) is 9.59 Å². The van der Waals surface area contributed by atoms with Gasteiger partial charge in [0.25, 0.3) is 0 Å². The summed E-state index contributed by atoms with van der Waals surface area (Å²) in [7, 11) is 0. The average Bonchev–Trinajstić information content (AvgIpc) is 1.99. The summed E-state index contributed by atoms with van der Waals surface area (Å²) >= 11 is 0. The van der Waals surface area contributed by atoms with Gasteiger partial charge in [0.05, 0.1) is 6.42 Å². The van der Waals surface area contributed by atoms with E-state index in [0.717, 1.165) is 0 Å². The minimum atomic E-state index is -1.52. The van der Waals surface area contributed by atoms with E-state index < -0.39 is 11.8 Å². The van der Waals surface area contributed by atoms with Crippen LogP contribution in [0.1, 0.15) is 20.3 Å². The number of esters is 1. The molecule has 0 saturated carbocycles. The predicted octanol–water partition coefficient (Wildman–Crippen LogP) is -0.136. The lowest BCUT2D eigenvalue weighted by Crippen LogP contribution is -2.32. The lowest BCUT2D eigenvalue weighted by atomic mass is 10.2. The van der Waals surface area contributed by atoms with Crippen LogP contribution in [0.4, 0.5) is 0 Å². The third-order valence-corrected chi connectivity index (χ3v) is 1.24. The molecule has 1 N–H and O–H groups in total. The molecule has 0 bridgehead atoms. The molecule has 0 amide bonds. The van der Waals surface area contributed by atoms with Crippen LogP contribution >= 0.6 is 0 Å². The van der Waals surface area contributed by atoms with E-state index in [-0.39, 0.29) is 13.0 Å². The molecule has 0 aliphatic heterocycles. The minimum Gasteiger partial charge on any atom is -0.458 e. The number of hydrogen-bond acceptors (Lipinski definition) is 5. The second-order valence-electron chi connectivity index (χ2n) is 2.63. The first-order valence-corrected chi connectivity index (χ1v) is 3.97. The van der Waals surface area contributed by atoms with Crippen molar-refractivity contribution >= 4 is 12.3 Å². The largest absolute Gasteiger partial charge is 0.458 e. The van der Waals surface area contributed by atoms with Crippen LogP contribution in [0.15, 0.2) is 0 Å². The smallest absolute Gasteiger partial charge is 0.311 e. The quantitative estimate of drug-likeness (QED) is 0.358. The van der Waals surface area contributed by atoms with E-state index in [9.17, 15) is 14.7 Å². The minimum absolute atomic E-state index is 0.283. The Balaban J connectivity index is 3.81. The van der Waals surface area contributed by atoms with Crippen LogP contribution in [0.25, 0.3) is 0 Å². The molecule has 0 aliphatic rings. The highest BCUT2D eigenvalue weighted by molar-refractivity contribution is 5.72. The molecule has 0 heterocycles. The summed E-state index contributed by atoms with van der Waals surface area (Å²) in [5.74, 6) is -2.18. The van der Waals surface area contributed by atoms with Gasteiger partial charge < -0.3 is 14.6 Å². The monoisotopic (exact) mass is 190 g/mol. The Bertz CT molecular complexity index is 175. The third-order valence-electron chi connectivity index (χ3n) is 1.24. The summed E-state index contributed by atoms with van der Waals surface area (Å²) in [6.07, 6.45) is 0.183. The summed E-state index contributed by atoms with van der Waals surface area (Å²) in [5, 5.41) is 9.37. The summed E-state index contributed by atoms with van der Waals surface area (Å²) in [5.41, 5.74) is 0. The number of ether oxygens (including phenoxy) is 2. The average molecular weight is 190 g/mol. The molecule has 0 radical (unpaired) electrons. The van der Waals surface area contributed by atoms with Gasteiger partial charge in [-0.1, -0.05) is 0 Å². The van der Waals surface area contributed by atoms with E-state index in [1.54, 1.807) is 6.92 Å². The molecule has 0 fully saturated rings. The Morgan fingerprint density at radius 1 is 1.62 bits per heavy atom. The fourth-order valence-electron chi connectivity index (χ4n) is 0.808. The number of rotatable bonds is 6. The van der Waals surface area contributed by atoms with Gasteiger partial charge in [0.1, 0.15) is 6.61 Å². The van der Waals surface area contributed by atoms with Gasteiger partial charge in [-0.05, 0) is 13.8 Å². The van der Waals surface area contributed by atoms with E-state index in [1.165, 1.54) is 6.92 Å². The first-order valence-electron chi connectivity index (χ1n) is 3.97. The van der Waals surface area contributed by atoms with Crippen LogP contribution in [0, 0.1) is 0 Å². The molecular formula is C8H14O5. The lowest BCUT2D eigenvalue weighted by molar-refractivity contribution is -0.200. The van der Waals surface area contributed by atoms with Crippen molar-refractivity contribution < 1.29 is 24.2 Å². The molecule has 0 aliphatic carbocycles. The molecule has 0 saturated heterocycles. The van der Waals surface area contributed by atoms with Gasteiger partial charge in [-0.15, -0.1) is 0 Å². The van der Waals surface area contributed by atoms with Crippen molar-refractivity contribution in [1.29, 1.82) is 0 Å². The zero-order valence-corrected chi connectivity index (χ0v) is 7.78. The second kappa shape index (κ2) is 5.66. The Kier molecular flexibility index (Phi) is 5.25. The summed E-state index contributed by atoms with van der Waals surface area (Å²) in [6.45, 7) is 3.07. The molecule has 0 aromatic heterocycles. The van der Waals surface area contributed by atoms with E-state index in [4.69, 9.17) is 4.74 Å². The van der Waals surface area contributed by atoms with Crippen LogP contribution in [-0.4, -0.2) is 36.4 Å². The number of hydrogen-bond donors (Lipinski definition) is 1. The van der Waals surface area contributed by atoms with Gasteiger partial charge >= 0.3 is 5.97 Å². The topological polar surface area (TPSA) is 72.8 Å². The van der Waals surface area contributed by atoms with Crippen molar-refractivity contribution in [2.75, 3.05) is 13.2 Å². The molecule has 76 valence electrons. The van der Waals surface area contributed by atoms with Gasteiger partial charge in [0.2, 0.25) is 0 Å². The van der Waals surface area contributed by atoms with E-state index in [0.29, 0.717) is 12.9 Å². The first-order chi connectivity index (χ1) is 6.02. The summed E-state index contributed by atoms with van der Waals surface area (Å²) in [4.78, 5) is 20.7. The number of aliphatic hydroxyl groups is 1. The highest BCUT2D eigenvalue weighted by Crippen LogP contribution is 2.11. The zero-order valence-electron chi connectivity index (χ0n) is 7.78. The summed E-state index contributed by atoms with van der Waals surface area (Å²) in [6, 6.07) is 0. The molecule has 0 aromatic rings. The van der Waals surface area contributed by atoms with Crippen LogP contribution in [0.5, 0.6) is 0 Å². The van der Waals surface area contributed by atoms with E-state index in [2.05, 4.69) is 4.74 Å². The van der Waals surface area contributed by atoms with Crippen LogP contribution in [0.2, 0.25) is 0 Å². The van der Waals surface area contributed by atoms with Gasteiger partial charge in [0, 0.05) is 6.61 Å². The highest BCUT2D eigenvalue weighted by atomic mass is 16.6. The van der Waals surface area contributed by atoms with E-state index >= 15 is 0 Å². The Hall–Kier alpha value is -0.940. The molecule has 5 nitrogen and oxygen atoms in total. The SMILES string of the molecule is CCOC(C)(O)CC(=O)OCC=O. The van der Waals surface area contributed by atoms with Crippen LogP contribution in [-0.2, 0) is 19.1 Å². The van der Waals surface area contributed by atoms with Crippen LogP contribution < -0.4 is 0 Å². The maximum Gasteiger partial charge on any atom is 0.311 e. The van der Waals surface area contributed by atoms with E-state index in [1.807, 2.05) is 0 Å². The fraction of sp³-hybridized carbons (Fsp3) is 0.750. The summed E-state index contributed by atoms with van der Waals surface area (Å²) < 4.78 is 9.27. The maximum atomic E-state index is 10.9. The Morgan fingerprint density at radius 2 is 2.23 bits per heavy atom. The number of aldehydes is 1. The molecule has 0 spiro atoms. The molecule has 13 heavy (non-hydrogen) atoms. The van der Waals surface area contributed by atoms with Crippen molar-refractivity contribution in [3.63, 3.8) is 0 Å². The molecule has 0 rings (SSSR count). The normalized spacial score (nSPS) is 14.7. The molecule has 1 unspecified atom stereocenters. The molecule has 5 heteroatoms. The zero-order chi connectivity index (χ0) is 10.3. The Morgan fingerprint density at radius 3 is 2.69 bits per heavy atom. The fourth-order valence-corrected chi connectivity index (χ4v) is 0.808. The molecule has 1 atom stereocenters. The number of carbonyl (C=O) groups excluding carboxylic acids is 2. The molecular weight excluding hydrogens is 176 g/mol. The van der Waals surface area contributed by atoms with Crippen molar-refractivity contribution in [3.05, 3.63) is 0 Å². The first kappa shape index (κ1) is 12.1. The van der Waals surface area contributed by atoms with Crippen molar-refractivity contribution in [3.8, 4) is 0 Å². The Labute approximate surface area is 76.6 Å². The van der Waals surface area contributed by atoms with Crippen molar-refractivity contribution in [2.45, 2.75) is 26.1 Å². The standard InChI is InChI=1S/C8H14O5/c1-3-13-8(2,11)6-7(10)12-5-4-9/h4,11H,3,5-6H2,1-2H3.